The number of amides is 1. The second kappa shape index (κ2) is 4.72. The highest BCUT2D eigenvalue weighted by Gasteiger charge is 2.32. The van der Waals surface area contributed by atoms with Crippen LogP contribution in [0.3, 0.4) is 0 Å². The topological polar surface area (TPSA) is 35.6 Å². The normalized spacial score (nSPS) is 30.1. The number of hydrogen-bond acceptors (Lipinski definition) is 3. The molecule has 4 heteroatoms. The van der Waals surface area contributed by atoms with E-state index in [4.69, 9.17) is 0 Å². The number of hydrogen-bond donors (Lipinski definition) is 1. The third kappa shape index (κ3) is 2.74. The molecule has 2 atom stereocenters. The van der Waals surface area contributed by atoms with Gasteiger partial charge in [-0.3, -0.25) is 9.69 Å². The molecule has 2 fully saturated rings. The van der Waals surface area contributed by atoms with Gasteiger partial charge in [-0.1, -0.05) is 0 Å². The summed E-state index contributed by atoms with van der Waals surface area (Å²) in [5.41, 5.74) is 0. The summed E-state index contributed by atoms with van der Waals surface area (Å²) in [5.74, 6) is 0.207. The summed E-state index contributed by atoms with van der Waals surface area (Å²) in [6.45, 7) is 7.35. The van der Waals surface area contributed by atoms with E-state index in [1.807, 2.05) is 6.92 Å². The molecule has 1 amide bonds. The molecule has 92 valence electrons. The van der Waals surface area contributed by atoms with E-state index < -0.39 is 0 Å². The molecule has 1 aliphatic carbocycles. The van der Waals surface area contributed by atoms with Crippen molar-refractivity contribution in [2.24, 2.45) is 0 Å². The quantitative estimate of drug-likeness (QED) is 0.750. The highest BCUT2D eigenvalue weighted by atomic mass is 16.2. The minimum absolute atomic E-state index is 0.0179. The third-order valence-corrected chi connectivity index (χ3v) is 3.68. The largest absolute Gasteiger partial charge is 0.352 e. The van der Waals surface area contributed by atoms with Crippen LogP contribution in [-0.4, -0.2) is 60.5 Å². The van der Waals surface area contributed by atoms with Crippen LogP contribution >= 0.6 is 0 Å². The molecule has 0 aromatic rings. The van der Waals surface area contributed by atoms with Crippen molar-refractivity contribution in [3.05, 3.63) is 0 Å². The number of rotatable bonds is 3. The Balaban J connectivity index is 1.87. The lowest BCUT2D eigenvalue weighted by atomic mass is 10.1. The third-order valence-electron chi connectivity index (χ3n) is 3.68. The summed E-state index contributed by atoms with van der Waals surface area (Å²) in [7, 11) is 2.14. The van der Waals surface area contributed by atoms with E-state index in [2.05, 4.69) is 29.1 Å². The fourth-order valence-electron chi connectivity index (χ4n) is 2.43. The first-order valence-electron chi connectivity index (χ1n) is 6.32. The monoisotopic (exact) mass is 225 g/mol. The Bertz CT molecular complexity index is 265. The predicted molar refractivity (Wildman–Crippen MR) is 64.3 cm³/mol. The van der Waals surface area contributed by atoms with Gasteiger partial charge >= 0.3 is 0 Å². The molecular formula is C12H23N3O. The van der Waals surface area contributed by atoms with Crippen LogP contribution in [0.15, 0.2) is 0 Å². The molecule has 0 aromatic heterocycles. The van der Waals surface area contributed by atoms with Crippen LogP contribution in [0.5, 0.6) is 0 Å². The zero-order chi connectivity index (χ0) is 11.7. The smallest absolute Gasteiger partial charge is 0.237 e. The number of nitrogens with zero attached hydrogens (tertiary/aromatic N) is 2. The lowest BCUT2D eigenvalue weighted by Gasteiger charge is -2.41. The summed E-state index contributed by atoms with van der Waals surface area (Å²) in [4.78, 5) is 16.6. The zero-order valence-corrected chi connectivity index (χ0v) is 10.6. The van der Waals surface area contributed by atoms with Crippen molar-refractivity contribution < 1.29 is 4.79 Å². The maximum atomic E-state index is 12.0. The summed E-state index contributed by atoms with van der Waals surface area (Å²) >= 11 is 0. The van der Waals surface area contributed by atoms with Gasteiger partial charge in [-0.2, -0.15) is 0 Å². The molecule has 1 aliphatic heterocycles. The maximum Gasteiger partial charge on any atom is 0.237 e. The van der Waals surface area contributed by atoms with Crippen molar-refractivity contribution in [2.75, 3.05) is 26.7 Å². The molecule has 1 saturated carbocycles. The Morgan fingerprint density at radius 2 is 2.06 bits per heavy atom. The Labute approximate surface area is 98.0 Å². The van der Waals surface area contributed by atoms with E-state index in [-0.39, 0.29) is 11.9 Å². The number of nitrogens with one attached hydrogen (secondary N) is 1. The van der Waals surface area contributed by atoms with Gasteiger partial charge in [0.15, 0.2) is 0 Å². The predicted octanol–water partition coefficient (Wildman–Crippen LogP) is 0.289. The van der Waals surface area contributed by atoms with E-state index in [0.29, 0.717) is 12.1 Å². The molecule has 16 heavy (non-hydrogen) atoms. The number of carbonyl (C=O) groups excluding carboxylic acids is 1. The van der Waals surface area contributed by atoms with Gasteiger partial charge in [0, 0.05) is 31.7 Å². The van der Waals surface area contributed by atoms with Gasteiger partial charge in [0.1, 0.15) is 0 Å². The summed E-state index contributed by atoms with van der Waals surface area (Å²) in [5, 5.41) is 3.09. The molecule has 2 rings (SSSR count). The van der Waals surface area contributed by atoms with Crippen LogP contribution in [0.1, 0.15) is 26.7 Å². The Morgan fingerprint density at radius 1 is 1.38 bits per heavy atom. The van der Waals surface area contributed by atoms with E-state index >= 15 is 0 Å². The van der Waals surface area contributed by atoms with Gasteiger partial charge in [0.25, 0.3) is 0 Å². The first-order chi connectivity index (χ1) is 7.58. The Hall–Kier alpha value is -0.610. The lowest BCUT2D eigenvalue weighted by molar-refractivity contribution is -0.127. The van der Waals surface area contributed by atoms with Crippen molar-refractivity contribution in [1.29, 1.82) is 0 Å². The van der Waals surface area contributed by atoms with Gasteiger partial charge in [-0.25, -0.2) is 0 Å². The average molecular weight is 225 g/mol. The Morgan fingerprint density at radius 3 is 2.62 bits per heavy atom. The molecule has 2 unspecified atom stereocenters. The highest BCUT2D eigenvalue weighted by molar-refractivity contribution is 5.81. The van der Waals surface area contributed by atoms with Crippen molar-refractivity contribution in [2.45, 2.75) is 44.8 Å². The number of piperazine rings is 1. The fourth-order valence-corrected chi connectivity index (χ4v) is 2.43. The van der Waals surface area contributed by atoms with E-state index in [1.54, 1.807) is 0 Å². The van der Waals surface area contributed by atoms with Crippen LogP contribution in [0, 0.1) is 0 Å². The zero-order valence-electron chi connectivity index (χ0n) is 10.6. The first kappa shape index (κ1) is 11.9. The van der Waals surface area contributed by atoms with E-state index in [9.17, 15) is 4.79 Å². The molecule has 0 spiro atoms. The molecule has 4 nitrogen and oxygen atoms in total. The standard InChI is InChI=1S/C12H23N3O/c1-9-8-14(3)6-7-15(9)10(2)12(16)13-11-4-5-11/h9-11H,4-8H2,1-3H3,(H,13,16). The highest BCUT2D eigenvalue weighted by Crippen LogP contribution is 2.19. The SMILES string of the molecule is CC1CN(C)CCN1C(C)C(=O)NC1CC1. The molecule has 0 bridgehead atoms. The second-order valence-corrected chi connectivity index (χ2v) is 5.31. The number of carbonyl (C=O) groups is 1. The summed E-state index contributed by atoms with van der Waals surface area (Å²) < 4.78 is 0. The van der Waals surface area contributed by atoms with Crippen molar-refractivity contribution in [1.82, 2.24) is 15.1 Å². The van der Waals surface area contributed by atoms with Crippen LogP contribution in [0.2, 0.25) is 0 Å². The van der Waals surface area contributed by atoms with Crippen LogP contribution in [0.25, 0.3) is 0 Å². The summed E-state index contributed by atoms with van der Waals surface area (Å²) in [6, 6.07) is 0.959. The van der Waals surface area contributed by atoms with Gasteiger partial charge in [0.05, 0.1) is 6.04 Å². The Kier molecular flexibility index (Phi) is 3.50. The van der Waals surface area contributed by atoms with Gasteiger partial charge in [-0.15, -0.1) is 0 Å². The fraction of sp³-hybridized carbons (Fsp3) is 0.917. The van der Waals surface area contributed by atoms with Crippen LogP contribution in [-0.2, 0) is 4.79 Å². The molecule has 1 heterocycles. The van der Waals surface area contributed by atoms with Crippen LogP contribution in [0.4, 0.5) is 0 Å². The first-order valence-corrected chi connectivity index (χ1v) is 6.32. The van der Waals surface area contributed by atoms with Gasteiger partial charge in [-0.05, 0) is 33.7 Å². The van der Waals surface area contributed by atoms with Gasteiger partial charge in [0.2, 0.25) is 5.91 Å². The number of likely N-dealkylation sites (N-methyl/N-ethyl adjacent to an activating group) is 1. The minimum Gasteiger partial charge on any atom is -0.352 e. The van der Waals surface area contributed by atoms with Crippen molar-refractivity contribution in [3.8, 4) is 0 Å². The maximum absolute atomic E-state index is 12.0. The van der Waals surface area contributed by atoms with E-state index in [0.717, 1.165) is 32.5 Å². The van der Waals surface area contributed by atoms with Crippen molar-refractivity contribution in [3.63, 3.8) is 0 Å². The molecule has 2 aliphatic rings. The van der Waals surface area contributed by atoms with Gasteiger partial charge < -0.3 is 10.2 Å². The lowest BCUT2D eigenvalue weighted by Crippen LogP contribution is -2.57. The van der Waals surface area contributed by atoms with Crippen LogP contribution < -0.4 is 5.32 Å². The van der Waals surface area contributed by atoms with E-state index in [1.165, 1.54) is 0 Å². The summed E-state index contributed by atoms with van der Waals surface area (Å²) in [6.07, 6.45) is 2.33. The molecule has 1 N–H and O–H groups in total. The second-order valence-electron chi connectivity index (χ2n) is 5.31. The molecule has 1 saturated heterocycles. The molecule has 0 radical (unpaired) electrons. The molecule has 0 aromatic carbocycles. The molecular weight excluding hydrogens is 202 g/mol. The minimum atomic E-state index is 0.0179. The average Bonchev–Trinajstić information content (AvgIpc) is 3.00. The van der Waals surface area contributed by atoms with Crippen molar-refractivity contribution >= 4 is 5.91 Å².